The molecule has 0 saturated heterocycles. The van der Waals surface area contributed by atoms with E-state index in [0.717, 1.165) is 0 Å². The van der Waals surface area contributed by atoms with Crippen LogP contribution in [0.4, 0.5) is 11.4 Å². The number of esters is 1. The highest BCUT2D eigenvalue weighted by atomic mass is 16.6. The first-order chi connectivity index (χ1) is 10.8. The van der Waals surface area contributed by atoms with Crippen molar-refractivity contribution in [1.29, 1.82) is 0 Å². The Bertz CT molecular complexity index is 641. The van der Waals surface area contributed by atoms with Crippen LogP contribution in [0.2, 0.25) is 0 Å². The molecule has 0 spiro atoms. The van der Waals surface area contributed by atoms with E-state index in [9.17, 15) is 19.7 Å². The molecule has 1 amide bonds. The highest BCUT2D eigenvalue weighted by molar-refractivity contribution is 6.02. The van der Waals surface area contributed by atoms with Crippen molar-refractivity contribution in [2.75, 3.05) is 4.90 Å². The van der Waals surface area contributed by atoms with Crippen molar-refractivity contribution in [3.05, 3.63) is 33.9 Å². The van der Waals surface area contributed by atoms with Crippen molar-refractivity contribution in [3.8, 4) is 0 Å². The number of amides is 1. The number of nitro groups is 1. The third kappa shape index (κ3) is 3.49. The number of hydrogen-bond donors (Lipinski definition) is 0. The number of rotatable bonds is 5. The predicted molar refractivity (Wildman–Crippen MR) is 84.2 cm³/mol. The van der Waals surface area contributed by atoms with E-state index in [-0.39, 0.29) is 24.1 Å². The monoisotopic (exact) mass is 320 g/mol. The highest BCUT2D eigenvalue weighted by Crippen LogP contribution is 2.33. The number of hydrogen-bond acceptors (Lipinski definition) is 5. The zero-order valence-corrected chi connectivity index (χ0v) is 13.4. The highest BCUT2D eigenvalue weighted by Gasteiger charge is 2.35. The summed E-state index contributed by atoms with van der Waals surface area (Å²) in [7, 11) is 0. The number of fused-ring (bicyclic) bond motifs is 1. The zero-order valence-electron chi connectivity index (χ0n) is 13.4. The van der Waals surface area contributed by atoms with Gasteiger partial charge < -0.3 is 4.74 Å². The molecule has 0 aliphatic carbocycles. The predicted octanol–water partition coefficient (Wildman–Crippen LogP) is 2.60. The Kier molecular flexibility index (Phi) is 4.98. The van der Waals surface area contributed by atoms with Crippen molar-refractivity contribution >= 4 is 23.3 Å². The topological polar surface area (TPSA) is 89.8 Å². The molecule has 1 aromatic rings. The van der Waals surface area contributed by atoms with Crippen molar-refractivity contribution < 1.29 is 19.2 Å². The van der Waals surface area contributed by atoms with Crippen LogP contribution in [0.25, 0.3) is 0 Å². The number of nitrogens with zero attached hydrogens (tertiary/aromatic N) is 2. The maximum absolute atomic E-state index is 12.4. The number of aryl methyl sites for hydroxylation is 1. The van der Waals surface area contributed by atoms with Gasteiger partial charge in [0, 0.05) is 24.2 Å². The second-order valence-electron chi connectivity index (χ2n) is 5.74. The summed E-state index contributed by atoms with van der Waals surface area (Å²) in [4.78, 5) is 36.5. The molecule has 0 radical (unpaired) electrons. The summed E-state index contributed by atoms with van der Waals surface area (Å²) in [6.45, 7) is 5.30. The number of benzene rings is 1. The summed E-state index contributed by atoms with van der Waals surface area (Å²) in [5.41, 5.74) is 1.24. The van der Waals surface area contributed by atoms with E-state index in [0.29, 0.717) is 24.1 Å². The molecule has 1 atom stereocenters. The molecule has 23 heavy (non-hydrogen) atoms. The summed E-state index contributed by atoms with van der Waals surface area (Å²) in [5.74, 6) is -0.624. The minimum atomic E-state index is -0.717. The summed E-state index contributed by atoms with van der Waals surface area (Å²) >= 11 is 0. The van der Waals surface area contributed by atoms with Crippen LogP contribution in [0.15, 0.2) is 18.2 Å². The lowest BCUT2D eigenvalue weighted by Gasteiger charge is -2.34. The van der Waals surface area contributed by atoms with Crippen molar-refractivity contribution in [2.45, 2.75) is 52.2 Å². The Morgan fingerprint density at radius 3 is 2.65 bits per heavy atom. The van der Waals surface area contributed by atoms with E-state index in [2.05, 4.69) is 0 Å². The van der Waals surface area contributed by atoms with E-state index in [1.54, 1.807) is 20.8 Å². The fourth-order valence-corrected chi connectivity index (χ4v) is 2.72. The molecule has 1 aliphatic heterocycles. The Morgan fingerprint density at radius 2 is 2.09 bits per heavy atom. The van der Waals surface area contributed by atoms with Crippen LogP contribution in [0, 0.1) is 10.1 Å². The number of anilines is 1. The largest absolute Gasteiger partial charge is 0.461 e. The average Bonchev–Trinajstić information content (AvgIpc) is 2.48. The van der Waals surface area contributed by atoms with Gasteiger partial charge in [0.05, 0.1) is 11.0 Å². The van der Waals surface area contributed by atoms with Gasteiger partial charge in [-0.2, -0.15) is 0 Å². The van der Waals surface area contributed by atoms with Gasteiger partial charge in [-0.05, 0) is 38.3 Å². The zero-order chi connectivity index (χ0) is 17.1. The summed E-state index contributed by atoms with van der Waals surface area (Å²) in [6, 6.07) is 3.64. The van der Waals surface area contributed by atoms with Crippen LogP contribution in [-0.2, 0) is 20.7 Å². The summed E-state index contributed by atoms with van der Waals surface area (Å²) in [5, 5.41) is 10.9. The van der Waals surface area contributed by atoms with Crippen molar-refractivity contribution in [1.82, 2.24) is 0 Å². The standard InChI is InChI=1S/C16H20N2O5/c1-4-13(16(20)23-10(2)3)17-14-7-6-12(18(21)22)9-11(14)5-8-15(17)19/h6-7,9-10,13H,4-5,8H2,1-3H3. The maximum atomic E-state index is 12.4. The lowest BCUT2D eigenvalue weighted by Crippen LogP contribution is -2.48. The number of non-ortho nitro benzene ring substituents is 1. The molecular weight excluding hydrogens is 300 g/mol. The van der Waals surface area contributed by atoms with Gasteiger partial charge in [0.2, 0.25) is 5.91 Å². The molecule has 124 valence electrons. The molecule has 0 aromatic heterocycles. The van der Waals surface area contributed by atoms with E-state index < -0.39 is 16.9 Å². The average molecular weight is 320 g/mol. The first kappa shape index (κ1) is 16.9. The van der Waals surface area contributed by atoms with E-state index in [4.69, 9.17) is 4.74 Å². The van der Waals surface area contributed by atoms with Crippen molar-refractivity contribution in [2.24, 2.45) is 0 Å². The number of carbonyl (C=O) groups excluding carboxylic acids is 2. The molecule has 1 aromatic carbocycles. The van der Waals surface area contributed by atoms with Crippen LogP contribution in [0.3, 0.4) is 0 Å². The third-order valence-electron chi connectivity index (χ3n) is 3.73. The van der Waals surface area contributed by atoms with Gasteiger partial charge in [0.25, 0.3) is 5.69 Å². The van der Waals surface area contributed by atoms with Gasteiger partial charge in [0.1, 0.15) is 6.04 Å². The fraction of sp³-hybridized carbons (Fsp3) is 0.500. The van der Waals surface area contributed by atoms with Crippen LogP contribution >= 0.6 is 0 Å². The number of nitro benzene ring substituents is 1. The number of ether oxygens (including phenoxy) is 1. The van der Waals surface area contributed by atoms with Gasteiger partial charge in [0.15, 0.2) is 0 Å². The minimum Gasteiger partial charge on any atom is -0.461 e. The molecule has 7 nitrogen and oxygen atoms in total. The first-order valence-corrected chi connectivity index (χ1v) is 7.65. The molecule has 7 heteroatoms. The molecule has 0 bridgehead atoms. The van der Waals surface area contributed by atoms with Gasteiger partial charge in [-0.15, -0.1) is 0 Å². The van der Waals surface area contributed by atoms with Crippen LogP contribution in [0.5, 0.6) is 0 Å². The normalized spacial score (nSPS) is 15.3. The Hall–Kier alpha value is -2.44. The van der Waals surface area contributed by atoms with Gasteiger partial charge >= 0.3 is 5.97 Å². The summed E-state index contributed by atoms with van der Waals surface area (Å²) < 4.78 is 5.24. The Balaban J connectivity index is 2.40. The molecule has 1 aliphatic rings. The quantitative estimate of drug-likeness (QED) is 0.472. The molecule has 0 saturated carbocycles. The molecule has 0 N–H and O–H groups in total. The number of carbonyl (C=O) groups is 2. The Labute approximate surface area is 134 Å². The molecular formula is C16H20N2O5. The van der Waals surface area contributed by atoms with Gasteiger partial charge in [-0.1, -0.05) is 6.92 Å². The molecule has 1 unspecified atom stereocenters. The molecule has 2 rings (SSSR count). The third-order valence-corrected chi connectivity index (χ3v) is 3.73. The maximum Gasteiger partial charge on any atom is 0.329 e. The minimum absolute atomic E-state index is 0.0177. The van der Waals surface area contributed by atoms with E-state index >= 15 is 0 Å². The Morgan fingerprint density at radius 1 is 1.39 bits per heavy atom. The lowest BCUT2D eigenvalue weighted by atomic mass is 9.98. The summed E-state index contributed by atoms with van der Waals surface area (Å²) in [6.07, 6.45) is 0.794. The second kappa shape index (κ2) is 6.76. The van der Waals surface area contributed by atoms with E-state index in [1.807, 2.05) is 0 Å². The fourth-order valence-electron chi connectivity index (χ4n) is 2.72. The van der Waals surface area contributed by atoms with Crippen molar-refractivity contribution in [3.63, 3.8) is 0 Å². The molecule has 0 fully saturated rings. The van der Waals surface area contributed by atoms with Crippen LogP contribution < -0.4 is 4.90 Å². The molecule has 1 heterocycles. The van der Waals surface area contributed by atoms with E-state index in [1.165, 1.54) is 23.1 Å². The van der Waals surface area contributed by atoms with Crippen LogP contribution in [0.1, 0.15) is 39.2 Å². The van der Waals surface area contributed by atoms with Gasteiger partial charge in [-0.25, -0.2) is 4.79 Å². The SMILES string of the molecule is CCC(C(=O)OC(C)C)N1C(=O)CCc2cc([N+](=O)[O-])ccc21. The second-order valence-corrected chi connectivity index (χ2v) is 5.74. The van der Waals surface area contributed by atoms with Crippen LogP contribution in [-0.4, -0.2) is 28.9 Å². The lowest BCUT2D eigenvalue weighted by molar-refractivity contribution is -0.384. The smallest absolute Gasteiger partial charge is 0.329 e. The van der Waals surface area contributed by atoms with Gasteiger partial charge in [-0.3, -0.25) is 19.8 Å². The first-order valence-electron chi connectivity index (χ1n) is 7.65.